The molecule has 0 radical (unpaired) electrons. The first-order valence-corrected chi connectivity index (χ1v) is 10.6. The molecule has 0 unspecified atom stereocenters. The van der Waals surface area contributed by atoms with Crippen LogP contribution >= 0.6 is 0 Å². The van der Waals surface area contributed by atoms with Crippen LogP contribution in [0.1, 0.15) is 28.3 Å². The van der Waals surface area contributed by atoms with Crippen molar-refractivity contribution in [3.8, 4) is 23.3 Å². The Morgan fingerprint density at radius 1 is 1.12 bits per heavy atom. The zero-order valence-electron chi connectivity index (χ0n) is 18.8. The maximum atomic E-state index is 13.8. The van der Waals surface area contributed by atoms with E-state index in [0.717, 1.165) is 11.3 Å². The van der Waals surface area contributed by atoms with Crippen molar-refractivity contribution < 1.29 is 14.2 Å². The molecule has 0 amide bonds. The maximum absolute atomic E-state index is 13.8. The monoisotopic (exact) mass is 443 g/mol. The Kier molecular flexibility index (Phi) is 6.09. The van der Waals surface area contributed by atoms with Crippen LogP contribution in [-0.2, 0) is 13.0 Å². The van der Waals surface area contributed by atoms with E-state index in [0.29, 0.717) is 41.3 Å². The number of nitrogens with zero attached hydrogens (tertiary/aromatic N) is 2. The van der Waals surface area contributed by atoms with Crippen LogP contribution in [-0.4, -0.2) is 18.8 Å². The van der Waals surface area contributed by atoms with E-state index in [1.54, 1.807) is 35.9 Å². The Labute approximate surface area is 192 Å². The molecule has 7 nitrogen and oxygen atoms in total. The number of aryl methyl sites for hydroxylation is 2. The van der Waals surface area contributed by atoms with Gasteiger partial charge in [-0.25, -0.2) is 0 Å². The predicted octanol–water partition coefficient (Wildman–Crippen LogP) is 3.63. The number of ether oxygens (including phenoxy) is 3. The molecule has 0 saturated heterocycles. The van der Waals surface area contributed by atoms with E-state index in [-0.39, 0.29) is 17.0 Å². The van der Waals surface area contributed by atoms with Crippen LogP contribution in [0, 0.1) is 18.3 Å². The number of nitrogens with two attached hydrogens (primary N) is 1. The van der Waals surface area contributed by atoms with Crippen LogP contribution in [0.5, 0.6) is 17.2 Å². The summed E-state index contributed by atoms with van der Waals surface area (Å²) in [5.41, 5.74) is 8.95. The van der Waals surface area contributed by atoms with E-state index < -0.39 is 5.92 Å². The average Bonchev–Trinajstić information content (AvgIpc) is 2.83. The molecule has 1 aliphatic heterocycles. The third-order valence-electron chi connectivity index (χ3n) is 5.91. The molecule has 0 aliphatic carbocycles. The Hall–Kier alpha value is -4.18. The second-order valence-electron chi connectivity index (χ2n) is 7.79. The summed E-state index contributed by atoms with van der Waals surface area (Å²) in [5, 5.41) is 9.91. The summed E-state index contributed by atoms with van der Waals surface area (Å²) < 4.78 is 18.3. The lowest BCUT2D eigenvalue weighted by Crippen LogP contribution is -2.33. The van der Waals surface area contributed by atoms with E-state index in [1.165, 1.54) is 7.11 Å². The van der Waals surface area contributed by atoms with Gasteiger partial charge in [0.05, 0.1) is 25.7 Å². The van der Waals surface area contributed by atoms with Gasteiger partial charge in [-0.3, -0.25) is 4.79 Å². The highest BCUT2D eigenvalue weighted by Crippen LogP contribution is 2.44. The van der Waals surface area contributed by atoms with Gasteiger partial charge in [-0.2, -0.15) is 5.26 Å². The van der Waals surface area contributed by atoms with Gasteiger partial charge in [0.1, 0.15) is 28.9 Å². The first-order chi connectivity index (χ1) is 16.0. The molecule has 3 aromatic rings. The van der Waals surface area contributed by atoms with Crippen molar-refractivity contribution in [1.82, 2.24) is 4.57 Å². The molecule has 0 fully saturated rings. The van der Waals surface area contributed by atoms with Crippen LogP contribution in [0.3, 0.4) is 0 Å². The lowest BCUT2D eigenvalue weighted by molar-refractivity contribution is 0.378. The second-order valence-corrected chi connectivity index (χ2v) is 7.79. The Bertz CT molecular complexity index is 1320. The van der Waals surface area contributed by atoms with Gasteiger partial charge in [-0.15, -0.1) is 0 Å². The Morgan fingerprint density at radius 3 is 2.55 bits per heavy atom. The first kappa shape index (κ1) is 22.0. The van der Waals surface area contributed by atoms with Crippen LogP contribution in [0.2, 0.25) is 0 Å². The highest BCUT2D eigenvalue weighted by atomic mass is 16.5. The molecule has 0 spiro atoms. The van der Waals surface area contributed by atoms with Crippen molar-refractivity contribution in [3.05, 3.63) is 98.8 Å². The van der Waals surface area contributed by atoms with Crippen molar-refractivity contribution in [2.45, 2.75) is 25.8 Å². The highest BCUT2D eigenvalue weighted by Gasteiger charge is 2.36. The largest absolute Gasteiger partial charge is 0.497 e. The van der Waals surface area contributed by atoms with Gasteiger partial charge in [-0.1, -0.05) is 36.4 Å². The van der Waals surface area contributed by atoms with Crippen molar-refractivity contribution in [2.24, 2.45) is 5.73 Å². The van der Waals surface area contributed by atoms with Crippen molar-refractivity contribution in [3.63, 3.8) is 0 Å². The van der Waals surface area contributed by atoms with Gasteiger partial charge < -0.3 is 24.5 Å². The molecule has 2 N–H and O–H groups in total. The molecule has 2 heterocycles. The minimum Gasteiger partial charge on any atom is -0.497 e. The van der Waals surface area contributed by atoms with E-state index >= 15 is 0 Å². The molecule has 33 heavy (non-hydrogen) atoms. The third kappa shape index (κ3) is 4.03. The summed E-state index contributed by atoms with van der Waals surface area (Å²) in [5.74, 6) is 0.698. The number of hydrogen-bond acceptors (Lipinski definition) is 6. The molecule has 1 aromatic heterocycles. The summed E-state index contributed by atoms with van der Waals surface area (Å²) in [4.78, 5) is 13.8. The van der Waals surface area contributed by atoms with Gasteiger partial charge in [0, 0.05) is 29.9 Å². The molecule has 1 aliphatic rings. The summed E-state index contributed by atoms with van der Waals surface area (Å²) in [6.07, 6.45) is 0.695. The Morgan fingerprint density at radius 2 is 1.88 bits per heavy atom. The van der Waals surface area contributed by atoms with Crippen LogP contribution in [0.4, 0.5) is 0 Å². The van der Waals surface area contributed by atoms with Crippen LogP contribution in [0.15, 0.2) is 70.8 Å². The van der Waals surface area contributed by atoms with Crippen LogP contribution in [0.25, 0.3) is 0 Å². The lowest BCUT2D eigenvalue weighted by Gasteiger charge is -2.28. The normalized spacial score (nSPS) is 14.8. The van der Waals surface area contributed by atoms with Gasteiger partial charge in [0.15, 0.2) is 0 Å². The van der Waals surface area contributed by atoms with Crippen molar-refractivity contribution in [1.29, 1.82) is 5.26 Å². The zero-order valence-corrected chi connectivity index (χ0v) is 18.8. The first-order valence-electron chi connectivity index (χ1n) is 10.6. The number of aromatic nitrogens is 1. The molecule has 4 rings (SSSR count). The fourth-order valence-electron chi connectivity index (χ4n) is 4.22. The van der Waals surface area contributed by atoms with Crippen LogP contribution < -0.4 is 25.5 Å². The summed E-state index contributed by atoms with van der Waals surface area (Å²) in [6, 6.07) is 19.2. The SMILES string of the molecule is COc1ccc([C@@H]2C(C#N)=C(N)Oc3cc(C)n(CCc4ccccc4)c(=O)c32)c(OC)c1. The minimum atomic E-state index is -0.726. The predicted molar refractivity (Wildman–Crippen MR) is 124 cm³/mol. The average molecular weight is 444 g/mol. The number of pyridine rings is 1. The van der Waals surface area contributed by atoms with E-state index in [9.17, 15) is 10.1 Å². The summed E-state index contributed by atoms with van der Waals surface area (Å²) in [6.45, 7) is 2.36. The molecule has 0 saturated carbocycles. The third-order valence-corrected chi connectivity index (χ3v) is 5.91. The zero-order chi connectivity index (χ0) is 23.5. The van der Waals surface area contributed by atoms with Gasteiger partial charge >= 0.3 is 0 Å². The van der Waals surface area contributed by atoms with E-state index in [1.807, 2.05) is 37.3 Å². The molecular formula is C26H25N3O4. The quantitative estimate of drug-likeness (QED) is 0.625. The number of allylic oxidation sites excluding steroid dienone is 1. The highest BCUT2D eigenvalue weighted by molar-refractivity contribution is 5.59. The summed E-state index contributed by atoms with van der Waals surface area (Å²) in [7, 11) is 3.09. The molecule has 168 valence electrons. The maximum Gasteiger partial charge on any atom is 0.258 e. The number of fused-ring (bicyclic) bond motifs is 1. The number of rotatable bonds is 6. The molecular weight excluding hydrogens is 418 g/mol. The number of methoxy groups -OCH3 is 2. The van der Waals surface area contributed by atoms with E-state index in [2.05, 4.69) is 6.07 Å². The number of nitriles is 1. The van der Waals surface area contributed by atoms with Gasteiger partial charge in [0.25, 0.3) is 5.56 Å². The topological polar surface area (TPSA) is 99.5 Å². The molecule has 7 heteroatoms. The fraction of sp³-hybridized carbons (Fsp3) is 0.231. The number of hydrogen-bond donors (Lipinski definition) is 1. The minimum absolute atomic E-state index is 0.0197. The standard InChI is InChI=1S/C26H25N3O4/c1-16-13-22-24(26(30)29(16)12-11-17-7-5-4-6-8-17)23(20(15-27)25(28)33-22)19-10-9-18(31-2)14-21(19)32-3/h4-10,13-14,23H,11-12,28H2,1-3H3/t23-/m1/s1. The lowest BCUT2D eigenvalue weighted by atomic mass is 9.83. The van der Waals surface area contributed by atoms with Crippen molar-refractivity contribution >= 4 is 0 Å². The smallest absolute Gasteiger partial charge is 0.258 e. The second kappa shape index (κ2) is 9.13. The fourth-order valence-corrected chi connectivity index (χ4v) is 4.22. The number of benzene rings is 2. The summed E-state index contributed by atoms with van der Waals surface area (Å²) >= 11 is 0. The van der Waals surface area contributed by atoms with E-state index in [4.69, 9.17) is 19.9 Å². The molecule has 0 bridgehead atoms. The molecule has 2 aromatic carbocycles. The van der Waals surface area contributed by atoms with Gasteiger partial charge in [0.2, 0.25) is 5.88 Å². The molecule has 1 atom stereocenters. The Balaban J connectivity index is 1.87. The van der Waals surface area contributed by atoms with Gasteiger partial charge in [-0.05, 0) is 25.0 Å². The van der Waals surface area contributed by atoms with Crippen molar-refractivity contribution in [2.75, 3.05) is 14.2 Å².